The maximum Gasteiger partial charge on any atom is 0.338 e. The summed E-state index contributed by atoms with van der Waals surface area (Å²) >= 11 is 0. The summed E-state index contributed by atoms with van der Waals surface area (Å²) in [5.74, 6) is 0.460. The fourth-order valence-corrected chi connectivity index (χ4v) is 5.20. The predicted octanol–water partition coefficient (Wildman–Crippen LogP) is 2.42. The maximum atomic E-state index is 13.1. The lowest BCUT2D eigenvalue weighted by molar-refractivity contribution is -0.124. The van der Waals surface area contributed by atoms with Crippen molar-refractivity contribution < 1.29 is 19.1 Å². The summed E-state index contributed by atoms with van der Waals surface area (Å²) < 4.78 is 5.02. The van der Waals surface area contributed by atoms with E-state index < -0.39 is 5.97 Å². The van der Waals surface area contributed by atoms with Gasteiger partial charge < -0.3 is 4.74 Å². The monoisotopic (exact) mass is 337 g/mol. The third-order valence-corrected chi connectivity index (χ3v) is 6.28. The highest BCUT2D eigenvalue weighted by molar-refractivity contribution is 6.22. The van der Waals surface area contributed by atoms with Crippen LogP contribution >= 0.6 is 0 Å². The molecule has 0 radical (unpaired) electrons. The van der Waals surface area contributed by atoms with Gasteiger partial charge in [-0.25, -0.2) is 9.69 Å². The summed E-state index contributed by atoms with van der Waals surface area (Å²) in [6.07, 6.45) is 5.46. The van der Waals surface area contributed by atoms with Crippen LogP contribution in [0.5, 0.6) is 0 Å². The van der Waals surface area contributed by atoms with Crippen LogP contribution in [0.3, 0.4) is 0 Å². The van der Waals surface area contributed by atoms with Crippen molar-refractivity contribution in [3.63, 3.8) is 0 Å². The highest BCUT2D eigenvalue weighted by atomic mass is 16.5. The Hall–Kier alpha value is -2.43. The Kier molecular flexibility index (Phi) is 3.00. The van der Waals surface area contributed by atoms with E-state index in [0.29, 0.717) is 23.1 Å². The molecule has 2 amide bonds. The molecule has 5 heteroatoms. The van der Waals surface area contributed by atoms with Crippen LogP contribution < -0.4 is 4.90 Å². The zero-order valence-electron chi connectivity index (χ0n) is 13.9. The van der Waals surface area contributed by atoms with Crippen LogP contribution in [-0.2, 0) is 14.3 Å². The second-order valence-electron chi connectivity index (χ2n) is 7.44. The Morgan fingerprint density at radius 3 is 2.36 bits per heavy atom. The van der Waals surface area contributed by atoms with Gasteiger partial charge >= 0.3 is 5.97 Å². The lowest BCUT2D eigenvalue weighted by atomic mass is 9.63. The lowest BCUT2D eigenvalue weighted by Crippen LogP contribution is -2.40. The van der Waals surface area contributed by atoms with Gasteiger partial charge in [0.05, 0.1) is 29.7 Å². The van der Waals surface area contributed by atoms with E-state index in [0.717, 1.165) is 6.42 Å². The molecule has 1 heterocycles. The number of carbonyl (C=O) groups is 3. The number of hydrogen-bond donors (Lipinski definition) is 0. The number of nitrogens with zero attached hydrogens (tertiary/aromatic N) is 1. The van der Waals surface area contributed by atoms with Crippen molar-refractivity contribution in [2.45, 2.75) is 13.3 Å². The van der Waals surface area contributed by atoms with Gasteiger partial charge in [0.1, 0.15) is 0 Å². The molecule has 2 saturated carbocycles. The van der Waals surface area contributed by atoms with E-state index in [1.54, 1.807) is 31.2 Å². The molecule has 0 spiro atoms. The summed E-state index contributed by atoms with van der Waals surface area (Å²) in [6.45, 7) is 2.03. The zero-order chi connectivity index (χ0) is 17.3. The van der Waals surface area contributed by atoms with Crippen molar-refractivity contribution in [3.05, 3.63) is 42.0 Å². The van der Waals surface area contributed by atoms with Crippen molar-refractivity contribution in [1.29, 1.82) is 0 Å². The average Bonchev–Trinajstić information content (AvgIpc) is 3.39. The number of carbonyl (C=O) groups excluding carboxylic acids is 3. The normalized spacial score (nSPS) is 37.1. The van der Waals surface area contributed by atoms with E-state index in [4.69, 9.17) is 4.74 Å². The molecule has 128 valence electrons. The van der Waals surface area contributed by atoms with Gasteiger partial charge in [-0.15, -0.1) is 0 Å². The van der Waals surface area contributed by atoms with E-state index >= 15 is 0 Å². The van der Waals surface area contributed by atoms with Gasteiger partial charge in [-0.1, -0.05) is 18.2 Å². The Morgan fingerprint density at radius 2 is 1.76 bits per heavy atom. The van der Waals surface area contributed by atoms with Gasteiger partial charge in [-0.2, -0.15) is 0 Å². The zero-order valence-corrected chi connectivity index (χ0v) is 13.9. The second kappa shape index (κ2) is 5.04. The summed E-state index contributed by atoms with van der Waals surface area (Å²) in [5, 5.41) is 0. The third-order valence-electron chi connectivity index (χ3n) is 6.28. The molecular weight excluding hydrogens is 318 g/mol. The topological polar surface area (TPSA) is 63.7 Å². The molecule has 1 aliphatic heterocycles. The van der Waals surface area contributed by atoms with E-state index in [1.807, 2.05) is 0 Å². The number of esters is 1. The predicted molar refractivity (Wildman–Crippen MR) is 89.6 cm³/mol. The maximum absolute atomic E-state index is 13.1. The highest BCUT2D eigenvalue weighted by Crippen LogP contribution is 2.65. The number of rotatable bonds is 3. The smallest absolute Gasteiger partial charge is 0.338 e. The van der Waals surface area contributed by atoms with Gasteiger partial charge in [-0.05, 0) is 55.2 Å². The molecule has 0 N–H and O–H groups in total. The fourth-order valence-electron chi connectivity index (χ4n) is 5.20. The molecule has 3 fully saturated rings. The first-order valence-corrected chi connectivity index (χ1v) is 8.95. The van der Waals surface area contributed by atoms with E-state index in [2.05, 4.69) is 12.2 Å². The minimum absolute atomic E-state index is 0.110. The number of amides is 2. The number of imide groups is 1. The first-order valence-electron chi connectivity index (χ1n) is 8.95. The van der Waals surface area contributed by atoms with Gasteiger partial charge in [-0.3, -0.25) is 9.59 Å². The number of allylic oxidation sites excluding steroid dienone is 2. The molecule has 6 rings (SSSR count). The molecule has 5 nitrogen and oxygen atoms in total. The largest absolute Gasteiger partial charge is 0.462 e. The summed E-state index contributed by atoms with van der Waals surface area (Å²) in [7, 11) is 0. The van der Waals surface area contributed by atoms with Crippen molar-refractivity contribution in [2.24, 2.45) is 35.5 Å². The first kappa shape index (κ1) is 14.9. The minimum Gasteiger partial charge on any atom is -0.462 e. The van der Waals surface area contributed by atoms with Gasteiger partial charge in [0.15, 0.2) is 0 Å². The van der Waals surface area contributed by atoms with E-state index in [-0.39, 0.29) is 42.1 Å². The van der Waals surface area contributed by atoms with E-state index in [1.165, 1.54) is 4.90 Å². The van der Waals surface area contributed by atoms with Gasteiger partial charge in [0, 0.05) is 0 Å². The van der Waals surface area contributed by atoms with Crippen LogP contribution in [0.1, 0.15) is 23.7 Å². The third kappa shape index (κ3) is 1.92. The molecule has 1 aromatic carbocycles. The summed E-state index contributed by atoms with van der Waals surface area (Å²) in [6, 6.07) is 6.63. The van der Waals surface area contributed by atoms with Crippen molar-refractivity contribution in [1.82, 2.24) is 0 Å². The van der Waals surface area contributed by atoms with Crippen molar-refractivity contribution in [2.75, 3.05) is 11.5 Å². The van der Waals surface area contributed by atoms with Crippen molar-refractivity contribution >= 4 is 23.5 Å². The molecule has 1 saturated heterocycles. The standard InChI is InChI=1S/C20H19NO4/c1-2-25-20(24)10-4-3-5-11(8-10)21-18(22)16-12-6-7-13(15-9-14(12)15)17(16)19(21)23/h3-8,12-17H,2,9H2,1H3/t12-,13-,14-,15+,16-,17+/m0/s1. The molecule has 25 heavy (non-hydrogen) atoms. The van der Waals surface area contributed by atoms with Gasteiger partial charge in [0.2, 0.25) is 11.8 Å². The van der Waals surface area contributed by atoms with Crippen LogP contribution in [0.25, 0.3) is 0 Å². The molecule has 0 aromatic heterocycles. The minimum atomic E-state index is -0.441. The van der Waals surface area contributed by atoms with Crippen LogP contribution in [0, 0.1) is 35.5 Å². The van der Waals surface area contributed by atoms with Crippen LogP contribution in [-0.4, -0.2) is 24.4 Å². The molecule has 0 unspecified atom stereocenters. The van der Waals surface area contributed by atoms with Crippen LogP contribution in [0.15, 0.2) is 36.4 Å². The molecule has 2 bridgehead atoms. The highest BCUT2D eigenvalue weighted by Gasteiger charge is 2.67. The van der Waals surface area contributed by atoms with Crippen LogP contribution in [0.4, 0.5) is 5.69 Å². The quantitative estimate of drug-likeness (QED) is 0.483. The summed E-state index contributed by atoms with van der Waals surface area (Å²) in [5.41, 5.74) is 0.835. The Labute approximate surface area is 145 Å². The molecule has 6 atom stereocenters. The van der Waals surface area contributed by atoms with Crippen LogP contribution in [0.2, 0.25) is 0 Å². The Morgan fingerprint density at radius 1 is 1.12 bits per heavy atom. The lowest BCUT2D eigenvalue weighted by Gasteiger charge is -2.37. The summed E-state index contributed by atoms with van der Waals surface area (Å²) in [4.78, 5) is 39.4. The fraction of sp³-hybridized carbons (Fsp3) is 0.450. The second-order valence-corrected chi connectivity index (χ2v) is 7.44. The van der Waals surface area contributed by atoms with E-state index in [9.17, 15) is 14.4 Å². The number of anilines is 1. The number of ether oxygens (including phenoxy) is 1. The van der Waals surface area contributed by atoms with Crippen molar-refractivity contribution in [3.8, 4) is 0 Å². The molecule has 1 aromatic rings. The molecule has 4 aliphatic carbocycles. The number of benzene rings is 1. The molecule has 5 aliphatic rings. The van der Waals surface area contributed by atoms with Gasteiger partial charge in [0.25, 0.3) is 0 Å². The first-order chi connectivity index (χ1) is 12.1. The molecular formula is C20H19NO4. The number of hydrogen-bond acceptors (Lipinski definition) is 4. The average molecular weight is 337 g/mol. The Balaban J connectivity index is 1.50. The Bertz CT molecular complexity index is 793. The SMILES string of the molecule is CCOC(=O)c1cccc(N2C(=O)[C@@H]3[C@H]4C=C[C@@H]([C@@H]5C[C@H]45)[C@@H]3C2=O)c1.